The minimum atomic E-state index is -0.574. The Morgan fingerprint density at radius 1 is 1.17 bits per heavy atom. The van der Waals surface area contributed by atoms with E-state index >= 15 is 0 Å². The largest absolute Gasteiger partial charge is 0.345 e. The molecule has 3 nitrogen and oxygen atoms in total. The summed E-state index contributed by atoms with van der Waals surface area (Å²) >= 11 is 0. The van der Waals surface area contributed by atoms with Crippen molar-refractivity contribution in [3.8, 4) is 0 Å². The number of rotatable bonds is 6. The highest BCUT2D eigenvalue weighted by atomic mass is 16.2. The SMILES string of the molecule is CCCC(C)(C)C(=O)C(=O)NCc1ccccc1. The molecular weight excluding hydrogens is 226 g/mol. The predicted molar refractivity (Wildman–Crippen MR) is 72.0 cm³/mol. The van der Waals surface area contributed by atoms with Crippen LogP contribution in [-0.4, -0.2) is 11.7 Å². The lowest BCUT2D eigenvalue weighted by atomic mass is 9.83. The van der Waals surface area contributed by atoms with Gasteiger partial charge in [0.2, 0.25) is 5.78 Å². The molecule has 98 valence electrons. The van der Waals surface area contributed by atoms with E-state index in [1.165, 1.54) is 0 Å². The van der Waals surface area contributed by atoms with Gasteiger partial charge in [-0.15, -0.1) is 0 Å². The first-order valence-corrected chi connectivity index (χ1v) is 6.34. The molecule has 0 aromatic heterocycles. The summed E-state index contributed by atoms with van der Waals surface area (Å²) in [6.45, 7) is 6.05. The highest BCUT2D eigenvalue weighted by Crippen LogP contribution is 2.23. The lowest BCUT2D eigenvalue weighted by Crippen LogP contribution is -2.39. The second-order valence-electron chi connectivity index (χ2n) is 5.13. The summed E-state index contributed by atoms with van der Waals surface area (Å²) in [5.41, 5.74) is 0.419. The number of carbonyl (C=O) groups is 2. The predicted octanol–water partition coefficient (Wildman–Crippen LogP) is 2.70. The number of benzene rings is 1. The van der Waals surface area contributed by atoms with Crippen molar-refractivity contribution in [3.63, 3.8) is 0 Å². The first-order chi connectivity index (χ1) is 8.47. The average Bonchev–Trinajstić information content (AvgIpc) is 2.36. The van der Waals surface area contributed by atoms with Crippen molar-refractivity contribution in [2.45, 2.75) is 40.2 Å². The Morgan fingerprint density at radius 3 is 2.33 bits per heavy atom. The smallest absolute Gasteiger partial charge is 0.288 e. The van der Waals surface area contributed by atoms with Crippen LogP contribution in [0.3, 0.4) is 0 Å². The topological polar surface area (TPSA) is 46.2 Å². The van der Waals surface area contributed by atoms with E-state index in [-0.39, 0.29) is 5.78 Å². The van der Waals surface area contributed by atoms with E-state index in [0.29, 0.717) is 6.54 Å². The highest BCUT2D eigenvalue weighted by molar-refractivity contribution is 6.37. The monoisotopic (exact) mass is 247 g/mol. The normalized spacial score (nSPS) is 11.1. The molecule has 0 bridgehead atoms. The van der Waals surface area contributed by atoms with Crippen molar-refractivity contribution in [1.82, 2.24) is 5.32 Å². The van der Waals surface area contributed by atoms with Gasteiger partial charge in [0.05, 0.1) is 0 Å². The summed E-state index contributed by atoms with van der Waals surface area (Å²) in [5, 5.41) is 2.67. The van der Waals surface area contributed by atoms with Gasteiger partial charge >= 0.3 is 0 Å². The quantitative estimate of drug-likeness (QED) is 0.786. The van der Waals surface area contributed by atoms with Crippen LogP contribution in [0.1, 0.15) is 39.2 Å². The zero-order chi connectivity index (χ0) is 13.6. The first-order valence-electron chi connectivity index (χ1n) is 6.34. The molecule has 0 heterocycles. The highest BCUT2D eigenvalue weighted by Gasteiger charge is 2.31. The maximum absolute atomic E-state index is 12.0. The van der Waals surface area contributed by atoms with Crippen LogP contribution in [0.5, 0.6) is 0 Å². The van der Waals surface area contributed by atoms with E-state index in [2.05, 4.69) is 5.32 Å². The van der Waals surface area contributed by atoms with Crippen LogP contribution in [0.2, 0.25) is 0 Å². The standard InChI is InChI=1S/C15H21NO2/c1-4-10-15(2,3)13(17)14(18)16-11-12-8-6-5-7-9-12/h5-9H,4,10-11H2,1-3H3,(H,16,18). The number of nitrogens with one attached hydrogen (secondary N) is 1. The molecule has 1 aromatic rings. The summed E-state index contributed by atoms with van der Waals surface area (Å²) in [5.74, 6) is -0.822. The molecule has 0 atom stereocenters. The Labute approximate surface area is 109 Å². The fourth-order valence-corrected chi connectivity index (χ4v) is 1.90. The maximum Gasteiger partial charge on any atom is 0.288 e. The lowest BCUT2D eigenvalue weighted by Gasteiger charge is -2.21. The number of ketones is 1. The van der Waals surface area contributed by atoms with Gasteiger partial charge in [-0.3, -0.25) is 9.59 Å². The van der Waals surface area contributed by atoms with E-state index in [1.54, 1.807) is 0 Å². The minimum absolute atomic E-state index is 0.333. The zero-order valence-corrected chi connectivity index (χ0v) is 11.3. The molecule has 0 unspecified atom stereocenters. The maximum atomic E-state index is 12.0. The first kappa shape index (κ1) is 14.4. The third-order valence-corrected chi connectivity index (χ3v) is 2.99. The molecule has 1 N–H and O–H groups in total. The molecule has 0 radical (unpaired) electrons. The number of carbonyl (C=O) groups excluding carboxylic acids is 2. The van der Waals surface area contributed by atoms with Crippen LogP contribution in [0.15, 0.2) is 30.3 Å². The van der Waals surface area contributed by atoms with Crippen LogP contribution >= 0.6 is 0 Å². The van der Waals surface area contributed by atoms with E-state index < -0.39 is 11.3 Å². The molecule has 0 aliphatic rings. The molecule has 0 aliphatic heterocycles. The van der Waals surface area contributed by atoms with Crippen molar-refractivity contribution in [1.29, 1.82) is 0 Å². The number of Topliss-reactive ketones (excluding diaryl/α,β-unsaturated/α-hetero) is 1. The van der Waals surface area contributed by atoms with Crippen molar-refractivity contribution in [2.24, 2.45) is 5.41 Å². The van der Waals surface area contributed by atoms with E-state index in [1.807, 2.05) is 51.1 Å². The second-order valence-corrected chi connectivity index (χ2v) is 5.13. The van der Waals surface area contributed by atoms with Gasteiger partial charge in [0.1, 0.15) is 0 Å². The number of hydrogen-bond donors (Lipinski definition) is 1. The van der Waals surface area contributed by atoms with Crippen molar-refractivity contribution in [3.05, 3.63) is 35.9 Å². The summed E-state index contributed by atoms with van der Waals surface area (Å²) in [6.07, 6.45) is 1.62. The zero-order valence-electron chi connectivity index (χ0n) is 11.3. The molecule has 18 heavy (non-hydrogen) atoms. The molecule has 0 spiro atoms. The van der Waals surface area contributed by atoms with Crippen LogP contribution in [0.4, 0.5) is 0 Å². The molecule has 0 aliphatic carbocycles. The van der Waals surface area contributed by atoms with Crippen LogP contribution in [0.25, 0.3) is 0 Å². The van der Waals surface area contributed by atoms with Crippen LogP contribution < -0.4 is 5.32 Å². The van der Waals surface area contributed by atoms with E-state index in [4.69, 9.17) is 0 Å². The molecule has 1 aromatic carbocycles. The Balaban J connectivity index is 2.53. The van der Waals surface area contributed by atoms with Crippen LogP contribution in [0, 0.1) is 5.41 Å². The number of hydrogen-bond acceptors (Lipinski definition) is 2. The van der Waals surface area contributed by atoms with E-state index in [9.17, 15) is 9.59 Å². The summed E-state index contributed by atoms with van der Waals surface area (Å²) in [4.78, 5) is 23.7. The fraction of sp³-hybridized carbons (Fsp3) is 0.467. The fourth-order valence-electron chi connectivity index (χ4n) is 1.90. The second kappa shape index (κ2) is 6.34. The van der Waals surface area contributed by atoms with Gasteiger partial charge in [-0.2, -0.15) is 0 Å². The van der Waals surface area contributed by atoms with E-state index in [0.717, 1.165) is 18.4 Å². The molecule has 0 saturated carbocycles. The van der Waals surface area contributed by atoms with Gasteiger partial charge in [0.15, 0.2) is 0 Å². The van der Waals surface area contributed by atoms with Crippen molar-refractivity contribution >= 4 is 11.7 Å². The molecule has 3 heteroatoms. The van der Waals surface area contributed by atoms with Crippen molar-refractivity contribution in [2.75, 3.05) is 0 Å². The molecule has 0 saturated heterocycles. The lowest BCUT2D eigenvalue weighted by molar-refractivity contribution is -0.143. The van der Waals surface area contributed by atoms with Crippen LogP contribution in [-0.2, 0) is 16.1 Å². The Bertz CT molecular complexity index is 410. The molecular formula is C15H21NO2. The average molecular weight is 247 g/mol. The van der Waals surface area contributed by atoms with Gasteiger partial charge < -0.3 is 5.32 Å². The third-order valence-electron chi connectivity index (χ3n) is 2.99. The Hall–Kier alpha value is -1.64. The molecule has 1 rings (SSSR count). The Morgan fingerprint density at radius 2 is 1.78 bits per heavy atom. The molecule has 0 fully saturated rings. The van der Waals surface area contributed by atoms with Gasteiger partial charge in [-0.25, -0.2) is 0 Å². The molecule has 1 amide bonds. The minimum Gasteiger partial charge on any atom is -0.345 e. The van der Waals surface area contributed by atoms with Crippen molar-refractivity contribution < 1.29 is 9.59 Å². The van der Waals surface area contributed by atoms with Gasteiger partial charge in [0, 0.05) is 12.0 Å². The third kappa shape index (κ3) is 3.99. The summed E-state index contributed by atoms with van der Waals surface area (Å²) < 4.78 is 0. The summed E-state index contributed by atoms with van der Waals surface area (Å²) in [7, 11) is 0. The summed E-state index contributed by atoms with van der Waals surface area (Å²) in [6, 6.07) is 9.57. The van der Waals surface area contributed by atoms with Gasteiger partial charge in [-0.1, -0.05) is 57.5 Å². The van der Waals surface area contributed by atoms with Gasteiger partial charge in [0.25, 0.3) is 5.91 Å². The van der Waals surface area contributed by atoms with Gasteiger partial charge in [-0.05, 0) is 12.0 Å². The number of amides is 1. The Kier molecular flexibility index (Phi) is 5.08.